The lowest BCUT2D eigenvalue weighted by Crippen LogP contribution is -2.44. The molecule has 2 heterocycles. The van der Waals surface area contributed by atoms with E-state index in [9.17, 15) is 9.59 Å². The van der Waals surface area contributed by atoms with E-state index >= 15 is 0 Å². The molecule has 26 heavy (non-hydrogen) atoms. The van der Waals surface area contributed by atoms with E-state index in [-0.39, 0.29) is 6.54 Å². The number of nitrogens with zero attached hydrogens (tertiary/aromatic N) is 3. The number of halogens is 1. The minimum Gasteiger partial charge on any atom is -0.464 e. The highest BCUT2D eigenvalue weighted by Crippen LogP contribution is 2.25. The van der Waals surface area contributed by atoms with Crippen LogP contribution in [0.5, 0.6) is 0 Å². The Hall–Kier alpha value is -2.26. The normalized spacial score (nSPS) is 12.1. The Balaban J connectivity index is 1.77. The number of rotatable bonds is 7. The molecule has 7 nitrogen and oxygen atoms in total. The van der Waals surface area contributed by atoms with Crippen molar-refractivity contribution < 1.29 is 14.3 Å². The van der Waals surface area contributed by atoms with Gasteiger partial charge in [-0.1, -0.05) is 22.9 Å². The Morgan fingerprint density at radius 3 is 3.00 bits per heavy atom. The van der Waals surface area contributed by atoms with Crippen molar-refractivity contribution in [1.82, 2.24) is 19.9 Å². The fourth-order valence-electron chi connectivity index (χ4n) is 2.30. The third-order valence-corrected chi connectivity index (χ3v) is 5.05. The Bertz CT molecular complexity index is 910. The van der Waals surface area contributed by atoms with E-state index in [1.54, 1.807) is 23.3 Å². The lowest BCUT2D eigenvalue weighted by atomic mass is 10.3. The Kier molecular flexibility index (Phi) is 6.00. The van der Waals surface area contributed by atoms with Gasteiger partial charge in [-0.05, 0) is 24.6 Å². The number of esters is 1. The number of hydrogen-bond donors (Lipinski definition) is 1. The van der Waals surface area contributed by atoms with E-state index in [0.717, 1.165) is 14.7 Å². The highest BCUT2D eigenvalue weighted by atomic mass is 79.9. The summed E-state index contributed by atoms with van der Waals surface area (Å²) in [5.74, 6) is -0.876. The first-order valence-electron chi connectivity index (χ1n) is 8.06. The third kappa shape index (κ3) is 4.47. The summed E-state index contributed by atoms with van der Waals surface area (Å²) in [5.41, 5.74) is 0.739. The van der Waals surface area contributed by atoms with Crippen LogP contribution in [-0.4, -0.2) is 39.1 Å². The number of ether oxygens (including phenoxy) is 1. The van der Waals surface area contributed by atoms with Crippen LogP contribution in [0.25, 0.3) is 10.2 Å². The van der Waals surface area contributed by atoms with Crippen LogP contribution in [0.2, 0.25) is 0 Å². The SMILES string of the molecule is CCCOC(=O)C(Cn1ccnc1)NC(=O)c1nc2ccc(Br)cc2s1. The van der Waals surface area contributed by atoms with Crippen LogP contribution in [0.15, 0.2) is 41.4 Å². The molecule has 9 heteroatoms. The summed E-state index contributed by atoms with van der Waals surface area (Å²) in [7, 11) is 0. The Morgan fingerprint density at radius 2 is 2.27 bits per heavy atom. The van der Waals surface area contributed by atoms with Crippen LogP contribution in [0.4, 0.5) is 0 Å². The molecule has 0 radical (unpaired) electrons. The molecule has 1 amide bonds. The van der Waals surface area contributed by atoms with Crippen molar-refractivity contribution in [2.75, 3.05) is 6.61 Å². The van der Waals surface area contributed by atoms with Gasteiger partial charge < -0.3 is 14.6 Å². The molecule has 1 N–H and O–H groups in total. The maximum absolute atomic E-state index is 12.6. The zero-order valence-corrected chi connectivity index (χ0v) is 16.4. The van der Waals surface area contributed by atoms with Crippen LogP contribution < -0.4 is 5.32 Å². The molecule has 1 atom stereocenters. The second kappa shape index (κ2) is 8.41. The largest absolute Gasteiger partial charge is 0.464 e. The minimum atomic E-state index is -0.818. The van der Waals surface area contributed by atoms with Crippen molar-refractivity contribution in [3.8, 4) is 0 Å². The molecule has 0 aliphatic heterocycles. The lowest BCUT2D eigenvalue weighted by Gasteiger charge is -2.17. The van der Waals surface area contributed by atoms with Crippen molar-refractivity contribution in [2.45, 2.75) is 25.9 Å². The van der Waals surface area contributed by atoms with E-state index in [0.29, 0.717) is 18.0 Å². The Labute approximate surface area is 162 Å². The number of fused-ring (bicyclic) bond motifs is 1. The van der Waals surface area contributed by atoms with Gasteiger partial charge in [0.05, 0.1) is 29.7 Å². The van der Waals surface area contributed by atoms with Crippen LogP contribution in [0.3, 0.4) is 0 Å². The van der Waals surface area contributed by atoms with E-state index in [1.165, 1.54) is 11.3 Å². The van der Waals surface area contributed by atoms with Crippen molar-refractivity contribution in [2.24, 2.45) is 0 Å². The van der Waals surface area contributed by atoms with E-state index in [2.05, 4.69) is 31.2 Å². The van der Waals surface area contributed by atoms with Gasteiger partial charge in [0.1, 0.15) is 6.04 Å². The maximum atomic E-state index is 12.6. The average molecular weight is 437 g/mol. The van der Waals surface area contributed by atoms with Crippen LogP contribution >= 0.6 is 27.3 Å². The molecule has 0 fully saturated rings. The van der Waals surface area contributed by atoms with Gasteiger partial charge >= 0.3 is 5.97 Å². The summed E-state index contributed by atoms with van der Waals surface area (Å²) in [4.78, 5) is 33.2. The minimum absolute atomic E-state index is 0.241. The van der Waals surface area contributed by atoms with Crippen molar-refractivity contribution in [3.05, 3.63) is 46.4 Å². The standard InChI is InChI=1S/C17H17BrN4O3S/c1-2-7-25-17(24)13(9-22-6-5-19-10-22)20-15(23)16-21-12-4-3-11(18)8-14(12)26-16/h3-6,8,10,13H,2,7,9H2,1H3,(H,20,23). The summed E-state index contributed by atoms with van der Waals surface area (Å²) < 4.78 is 8.73. The van der Waals surface area contributed by atoms with Crippen LogP contribution in [0.1, 0.15) is 23.1 Å². The number of hydrogen-bond acceptors (Lipinski definition) is 6. The first-order valence-corrected chi connectivity index (χ1v) is 9.67. The predicted molar refractivity (Wildman–Crippen MR) is 102 cm³/mol. The summed E-state index contributed by atoms with van der Waals surface area (Å²) in [6, 6.07) is 4.79. The molecule has 0 saturated carbocycles. The second-order valence-electron chi connectivity index (χ2n) is 5.58. The maximum Gasteiger partial charge on any atom is 0.330 e. The summed E-state index contributed by atoms with van der Waals surface area (Å²) >= 11 is 4.68. The molecule has 0 aliphatic carbocycles. The topological polar surface area (TPSA) is 86.1 Å². The number of carbonyl (C=O) groups is 2. The molecule has 0 spiro atoms. The van der Waals surface area contributed by atoms with Gasteiger partial charge in [-0.15, -0.1) is 11.3 Å². The molecular formula is C17H17BrN4O3S. The van der Waals surface area contributed by atoms with E-state index in [4.69, 9.17) is 4.74 Å². The first-order chi connectivity index (χ1) is 12.6. The molecule has 3 aromatic rings. The van der Waals surface area contributed by atoms with Gasteiger partial charge in [0.15, 0.2) is 5.01 Å². The highest BCUT2D eigenvalue weighted by molar-refractivity contribution is 9.10. The number of benzene rings is 1. The van der Waals surface area contributed by atoms with Crippen LogP contribution in [-0.2, 0) is 16.1 Å². The van der Waals surface area contributed by atoms with Gasteiger partial charge in [-0.3, -0.25) is 4.79 Å². The van der Waals surface area contributed by atoms with Gasteiger partial charge in [0.2, 0.25) is 0 Å². The van der Waals surface area contributed by atoms with E-state index < -0.39 is 17.9 Å². The molecule has 1 unspecified atom stereocenters. The Morgan fingerprint density at radius 1 is 1.42 bits per heavy atom. The van der Waals surface area contributed by atoms with Crippen molar-refractivity contribution >= 4 is 49.4 Å². The zero-order chi connectivity index (χ0) is 18.5. The number of amides is 1. The lowest BCUT2D eigenvalue weighted by molar-refractivity contribution is -0.146. The fraction of sp³-hybridized carbons (Fsp3) is 0.294. The average Bonchev–Trinajstić information content (AvgIpc) is 3.27. The van der Waals surface area contributed by atoms with Crippen molar-refractivity contribution in [3.63, 3.8) is 0 Å². The van der Waals surface area contributed by atoms with Crippen LogP contribution in [0, 0.1) is 0 Å². The molecule has 136 valence electrons. The van der Waals surface area contributed by atoms with Gasteiger partial charge in [-0.2, -0.15) is 0 Å². The molecule has 0 aliphatic rings. The molecular weight excluding hydrogens is 420 g/mol. The quantitative estimate of drug-likeness (QED) is 0.575. The third-order valence-electron chi connectivity index (χ3n) is 3.54. The fourth-order valence-corrected chi connectivity index (χ4v) is 3.72. The second-order valence-corrected chi connectivity index (χ2v) is 7.53. The van der Waals surface area contributed by atoms with Crippen molar-refractivity contribution in [1.29, 1.82) is 0 Å². The number of nitrogens with one attached hydrogen (secondary N) is 1. The van der Waals surface area contributed by atoms with E-state index in [1.807, 2.05) is 25.1 Å². The highest BCUT2D eigenvalue weighted by Gasteiger charge is 2.25. The van der Waals surface area contributed by atoms with Gasteiger partial charge in [-0.25, -0.2) is 14.8 Å². The first kappa shape index (κ1) is 18.5. The molecule has 3 rings (SSSR count). The number of thiazole rings is 1. The summed E-state index contributed by atoms with van der Waals surface area (Å²) in [5, 5.41) is 3.03. The number of carbonyl (C=O) groups excluding carboxylic acids is 2. The molecule has 2 aromatic heterocycles. The molecule has 0 bridgehead atoms. The monoisotopic (exact) mass is 436 g/mol. The van der Waals surface area contributed by atoms with Gasteiger partial charge in [0, 0.05) is 16.9 Å². The summed E-state index contributed by atoms with van der Waals surface area (Å²) in [6.45, 7) is 2.46. The molecule has 0 saturated heterocycles. The number of aromatic nitrogens is 3. The predicted octanol–water partition coefficient (Wildman–Crippen LogP) is 3.01. The zero-order valence-electron chi connectivity index (χ0n) is 14.0. The summed E-state index contributed by atoms with van der Waals surface area (Å²) in [6.07, 6.45) is 5.63. The smallest absolute Gasteiger partial charge is 0.330 e. The molecule has 1 aromatic carbocycles. The van der Waals surface area contributed by atoms with Gasteiger partial charge in [0.25, 0.3) is 5.91 Å². The number of imidazole rings is 1.